The first-order valence-electron chi connectivity index (χ1n) is 7.71. The summed E-state index contributed by atoms with van der Waals surface area (Å²) in [4.78, 5) is 16.4. The van der Waals surface area contributed by atoms with Gasteiger partial charge in [-0.1, -0.05) is 0 Å². The highest BCUT2D eigenvalue weighted by Gasteiger charge is 2.25. The number of imidazole rings is 1. The largest absolute Gasteiger partial charge is 0.367 e. The molecule has 0 bridgehead atoms. The number of aromatic nitrogens is 4. The van der Waals surface area contributed by atoms with Crippen LogP contribution in [0.2, 0.25) is 0 Å². The molecule has 0 aliphatic heterocycles. The Hall–Kier alpha value is -1.90. The number of aromatic amines is 1. The summed E-state index contributed by atoms with van der Waals surface area (Å²) < 4.78 is 1.15. The van der Waals surface area contributed by atoms with Crippen LogP contribution in [-0.4, -0.2) is 32.0 Å². The molecule has 0 aromatic carbocycles. The molecule has 0 amide bonds. The molecule has 0 saturated heterocycles. The number of H-pyrrole nitrogens is 1. The van der Waals surface area contributed by atoms with E-state index in [-0.39, 0.29) is 0 Å². The number of anilines is 2. The van der Waals surface area contributed by atoms with Crippen LogP contribution in [0.15, 0.2) is 36.7 Å². The van der Waals surface area contributed by atoms with E-state index in [1.807, 2.05) is 24.4 Å². The van der Waals surface area contributed by atoms with E-state index in [0.717, 1.165) is 45.8 Å². The number of fused-ring (bicyclic) bond motifs is 1. The zero-order chi connectivity index (χ0) is 15.6. The Bertz CT molecular complexity index is 767. The van der Waals surface area contributed by atoms with Crippen LogP contribution < -0.4 is 10.6 Å². The molecule has 118 valence electrons. The summed E-state index contributed by atoms with van der Waals surface area (Å²) in [5.41, 5.74) is 1.72. The first-order valence-corrected chi connectivity index (χ1v) is 8.79. The monoisotopic (exact) mass is 420 g/mol. The predicted octanol–water partition coefficient (Wildman–Crippen LogP) is 3.40. The van der Waals surface area contributed by atoms with Crippen molar-refractivity contribution in [1.29, 1.82) is 0 Å². The van der Waals surface area contributed by atoms with Gasteiger partial charge in [-0.05, 0) is 66.1 Å². The molecule has 4 rings (SSSR count). The molecule has 3 heterocycles. The lowest BCUT2D eigenvalue weighted by Gasteiger charge is -2.14. The third-order valence-corrected chi connectivity index (χ3v) is 4.75. The van der Waals surface area contributed by atoms with Gasteiger partial charge in [0.25, 0.3) is 0 Å². The molecular weight excluding hydrogens is 403 g/mol. The van der Waals surface area contributed by atoms with Gasteiger partial charge in [-0.3, -0.25) is 0 Å². The maximum atomic E-state index is 4.48. The van der Waals surface area contributed by atoms with E-state index in [0.29, 0.717) is 12.1 Å². The summed E-state index contributed by atoms with van der Waals surface area (Å²) >= 11 is 2.27. The van der Waals surface area contributed by atoms with E-state index in [4.69, 9.17) is 0 Å². The zero-order valence-electron chi connectivity index (χ0n) is 12.5. The number of rotatable bonds is 4. The topological polar surface area (TPSA) is 78.5 Å². The maximum absolute atomic E-state index is 4.48. The third-order valence-electron chi connectivity index (χ3n) is 4.11. The van der Waals surface area contributed by atoms with Gasteiger partial charge >= 0.3 is 0 Å². The maximum Gasteiger partial charge on any atom is 0.202 e. The number of hydrogen-bond acceptors (Lipinski definition) is 5. The van der Waals surface area contributed by atoms with Crippen molar-refractivity contribution >= 4 is 45.5 Å². The predicted molar refractivity (Wildman–Crippen MR) is 99.5 cm³/mol. The van der Waals surface area contributed by atoms with Crippen molar-refractivity contribution in [1.82, 2.24) is 19.9 Å². The van der Waals surface area contributed by atoms with E-state index in [9.17, 15) is 0 Å². The van der Waals surface area contributed by atoms with Crippen LogP contribution in [0.5, 0.6) is 0 Å². The fourth-order valence-electron chi connectivity index (χ4n) is 3.02. The number of pyridine rings is 2. The lowest BCUT2D eigenvalue weighted by Crippen LogP contribution is -2.21. The molecule has 1 aliphatic carbocycles. The minimum Gasteiger partial charge on any atom is -0.367 e. The van der Waals surface area contributed by atoms with Gasteiger partial charge in [-0.15, -0.1) is 0 Å². The molecule has 7 heteroatoms. The lowest BCUT2D eigenvalue weighted by molar-refractivity contribution is 0.718. The summed E-state index contributed by atoms with van der Waals surface area (Å²) in [6.07, 6.45) is 6.94. The molecule has 1 fully saturated rings. The first-order chi connectivity index (χ1) is 11.3. The van der Waals surface area contributed by atoms with Gasteiger partial charge in [0.15, 0.2) is 5.65 Å². The lowest BCUT2D eigenvalue weighted by atomic mass is 10.2. The molecule has 3 N–H and O–H groups in total. The van der Waals surface area contributed by atoms with Gasteiger partial charge in [0.1, 0.15) is 5.82 Å². The number of nitrogens with one attached hydrogen (secondary N) is 3. The fourth-order valence-corrected chi connectivity index (χ4v) is 3.34. The molecule has 0 radical (unpaired) electrons. The van der Waals surface area contributed by atoms with Gasteiger partial charge in [0, 0.05) is 28.0 Å². The number of halogens is 1. The second kappa shape index (κ2) is 6.31. The van der Waals surface area contributed by atoms with Crippen molar-refractivity contribution in [3.63, 3.8) is 0 Å². The Morgan fingerprint density at radius 1 is 1.09 bits per heavy atom. The van der Waals surface area contributed by atoms with Crippen LogP contribution in [-0.2, 0) is 0 Å². The Morgan fingerprint density at radius 2 is 1.96 bits per heavy atom. The van der Waals surface area contributed by atoms with Crippen molar-refractivity contribution in [3.8, 4) is 0 Å². The van der Waals surface area contributed by atoms with Crippen LogP contribution in [0, 0.1) is 3.57 Å². The van der Waals surface area contributed by atoms with Crippen LogP contribution in [0.1, 0.15) is 19.3 Å². The molecule has 6 nitrogen and oxygen atoms in total. The second-order valence-corrected chi connectivity index (χ2v) is 7.06. The molecule has 1 aliphatic rings. The Kier molecular flexibility index (Phi) is 4.02. The Labute approximate surface area is 147 Å². The van der Waals surface area contributed by atoms with E-state index in [2.05, 4.69) is 59.2 Å². The summed E-state index contributed by atoms with van der Waals surface area (Å²) in [5.74, 6) is 1.75. The minimum absolute atomic E-state index is 0.414. The van der Waals surface area contributed by atoms with Crippen LogP contribution >= 0.6 is 22.6 Å². The Morgan fingerprint density at radius 3 is 2.74 bits per heavy atom. The zero-order valence-corrected chi connectivity index (χ0v) is 14.6. The molecule has 3 aromatic rings. The number of nitrogens with zero attached hydrogens (tertiary/aromatic N) is 3. The van der Waals surface area contributed by atoms with E-state index < -0.39 is 0 Å². The van der Waals surface area contributed by atoms with Gasteiger partial charge in [-0.2, -0.15) is 4.98 Å². The minimum atomic E-state index is 0.414. The summed E-state index contributed by atoms with van der Waals surface area (Å²) in [7, 11) is 0. The van der Waals surface area contributed by atoms with Crippen LogP contribution in [0.25, 0.3) is 11.2 Å². The summed E-state index contributed by atoms with van der Waals surface area (Å²) in [5, 5.41) is 7.00. The average molecular weight is 420 g/mol. The molecule has 2 atom stereocenters. The van der Waals surface area contributed by atoms with Crippen LogP contribution in [0.4, 0.5) is 11.8 Å². The van der Waals surface area contributed by atoms with Gasteiger partial charge in [0.05, 0.1) is 5.52 Å². The average Bonchev–Trinajstić information content (AvgIpc) is 3.16. The number of hydrogen-bond donors (Lipinski definition) is 3. The second-order valence-electron chi connectivity index (χ2n) is 5.82. The highest BCUT2D eigenvalue weighted by atomic mass is 127. The fraction of sp³-hybridized carbons (Fsp3) is 0.312. The van der Waals surface area contributed by atoms with Gasteiger partial charge in [0.2, 0.25) is 5.95 Å². The standard InChI is InChI=1S/C16H17IN6/c17-10-3-6-14(19-9-10)20-11-4-5-12(8-11)21-16-22-13-2-1-7-18-15(13)23-16/h1-3,6-7,9,11-12H,4-5,8H2,(H,19,20)(H2,18,21,22,23). The molecule has 23 heavy (non-hydrogen) atoms. The first kappa shape index (κ1) is 14.7. The van der Waals surface area contributed by atoms with Crippen molar-refractivity contribution in [2.75, 3.05) is 10.6 Å². The quantitative estimate of drug-likeness (QED) is 0.564. The highest BCUT2D eigenvalue weighted by molar-refractivity contribution is 14.1. The van der Waals surface area contributed by atoms with Gasteiger partial charge in [-0.25, -0.2) is 9.97 Å². The summed E-state index contributed by atoms with van der Waals surface area (Å²) in [6, 6.07) is 8.87. The van der Waals surface area contributed by atoms with Crippen LogP contribution in [0.3, 0.4) is 0 Å². The van der Waals surface area contributed by atoms with Crippen molar-refractivity contribution in [2.24, 2.45) is 0 Å². The summed E-state index contributed by atoms with van der Waals surface area (Å²) in [6.45, 7) is 0. The molecule has 0 spiro atoms. The molecule has 1 saturated carbocycles. The van der Waals surface area contributed by atoms with Crippen molar-refractivity contribution in [2.45, 2.75) is 31.3 Å². The normalized spacial score (nSPS) is 20.7. The SMILES string of the molecule is Ic1ccc(NC2CCC(Nc3nc4ncccc4[nH]3)C2)nc1. The van der Waals surface area contributed by atoms with Crippen molar-refractivity contribution < 1.29 is 0 Å². The Balaban J connectivity index is 1.37. The highest BCUT2D eigenvalue weighted by Crippen LogP contribution is 2.25. The molecule has 2 unspecified atom stereocenters. The van der Waals surface area contributed by atoms with E-state index in [1.165, 1.54) is 0 Å². The van der Waals surface area contributed by atoms with Crippen molar-refractivity contribution in [3.05, 3.63) is 40.2 Å². The molecule has 3 aromatic heterocycles. The molecular formula is C16H17IN6. The van der Waals surface area contributed by atoms with E-state index >= 15 is 0 Å². The third kappa shape index (κ3) is 3.39. The van der Waals surface area contributed by atoms with E-state index in [1.54, 1.807) is 6.20 Å². The smallest absolute Gasteiger partial charge is 0.202 e. The van der Waals surface area contributed by atoms with Gasteiger partial charge < -0.3 is 15.6 Å².